The van der Waals surface area contributed by atoms with Crippen molar-refractivity contribution in [3.05, 3.63) is 139 Å². The Labute approximate surface area is 187 Å². The Bertz CT molecular complexity index is 1250. The van der Waals surface area contributed by atoms with E-state index in [0.29, 0.717) is 0 Å². The van der Waals surface area contributed by atoms with Gasteiger partial charge in [-0.05, 0) is 76.1 Å². The molecular formula is C28H20Cl2. The fourth-order valence-corrected chi connectivity index (χ4v) is 6.50. The van der Waals surface area contributed by atoms with E-state index in [-0.39, 0.29) is 11.3 Å². The predicted octanol–water partition coefficient (Wildman–Crippen LogP) is 7.69. The van der Waals surface area contributed by atoms with Gasteiger partial charge in [0.1, 0.15) is 0 Å². The highest BCUT2D eigenvalue weighted by Crippen LogP contribution is 2.62. The van der Waals surface area contributed by atoms with Gasteiger partial charge in [0.25, 0.3) is 0 Å². The van der Waals surface area contributed by atoms with Crippen LogP contribution < -0.4 is 0 Å². The van der Waals surface area contributed by atoms with Crippen molar-refractivity contribution in [3.8, 4) is 0 Å². The molecule has 2 bridgehead atoms. The molecule has 0 heterocycles. The molecule has 0 radical (unpaired) electrons. The van der Waals surface area contributed by atoms with Crippen molar-refractivity contribution in [1.82, 2.24) is 0 Å². The molecule has 0 nitrogen and oxygen atoms in total. The minimum Gasteiger partial charge on any atom is -0.0843 e. The fraction of sp³-hybridized carbons (Fsp3) is 0.143. The van der Waals surface area contributed by atoms with Gasteiger partial charge < -0.3 is 0 Å². The van der Waals surface area contributed by atoms with Crippen LogP contribution in [0.5, 0.6) is 0 Å². The van der Waals surface area contributed by atoms with Gasteiger partial charge in [0.2, 0.25) is 0 Å². The lowest BCUT2D eigenvalue weighted by Gasteiger charge is -2.52. The van der Waals surface area contributed by atoms with Gasteiger partial charge in [-0.3, -0.25) is 0 Å². The minimum atomic E-state index is -0.329. The van der Waals surface area contributed by atoms with Crippen LogP contribution in [0, 0.1) is 6.92 Å². The largest absolute Gasteiger partial charge is 0.0843 e. The van der Waals surface area contributed by atoms with E-state index in [9.17, 15) is 0 Å². The molecule has 3 aliphatic rings. The first-order chi connectivity index (χ1) is 14.6. The molecule has 0 saturated carbocycles. The molecule has 0 aromatic heterocycles. The Morgan fingerprint density at radius 1 is 0.733 bits per heavy atom. The van der Waals surface area contributed by atoms with Crippen molar-refractivity contribution in [2.24, 2.45) is 0 Å². The van der Waals surface area contributed by atoms with E-state index >= 15 is 0 Å². The van der Waals surface area contributed by atoms with Crippen molar-refractivity contribution in [2.45, 2.75) is 24.7 Å². The average Bonchev–Trinajstić information content (AvgIpc) is 2.74. The zero-order chi connectivity index (χ0) is 20.5. The van der Waals surface area contributed by atoms with Gasteiger partial charge in [-0.25, -0.2) is 0 Å². The first kappa shape index (κ1) is 18.2. The lowest BCUT2D eigenvalue weighted by atomic mass is 9.50. The molecule has 2 heteroatoms. The summed E-state index contributed by atoms with van der Waals surface area (Å²) in [6, 6.07) is 30.3. The van der Waals surface area contributed by atoms with Gasteiger partial charge in [-0.15, -0.1) is 0 Å². The van der Waals surface area contributed by atoms with Crippen LogP contribution in [-0.2, 0) is 11.8 Å². The monoisotopic (exact) mass is 426 g/mol. The topological polar surface area (TPSA) is 0 Å². The second-order valence-electron chi connectivity index (χ2n) is 8.48. The second kappa shape index (κ2) is 6.48. The van der Waals surface area contributed by atoms with E-state index in [1.54, 1.807) is 0 Å². The van der Waals surface area contributed by atoms with Crippen LogP contribution in [0.2, 0.25) is 10.0 Å². The molecule has 4 aromatic rings. The SMILES string of the molecule is Cc1cccc2c1C1(Cc3ccccc3)c3ccc(Cl)cc3C2c2cccc(Cl)c21. The Kier molecular flexibility index (Phi) is 3.94. The normalized spacial score (nSPS) is 20.4. The smallest absolute Gasteiger partial charge is 0.0518 e. The predicted molar refractivity (Wildman–Crippen MR) is 125 cm³/mol. The van der Waals surface area contributed by atoms with E-state index in [1.807, 2.05) is 12.1 Å². The van der Waals surface area contributed by atoms with Crippen LogP contribution in [0.15, 0.2) is 84.9 Å². The minimum absolute atomic E-state index is 0.167. The van der Waals surface area contributed by atoms with E-state index in [4.69, 9.17) is 23.2 Å². The van der Waals surface area contributed by atoms with Crippen LogP contribution in [0.25, 0.3) is 0 Å². The number of aryl methyl sites for hydroxylation is 1. The van der Waals surface area contributed by atoms with Gasteiger partial charge in [0.05, 0.1) is 5.41 Å². The van der Waals surface area contributed by atoms with Gasteiger partial charge in [-0.1, -0.05) is 89.9 Å². The molecule has 2 atom stereocenters. The van der Waals surface area contributed by atoms with Crippen molar-refractivity contribution in [3.63, 3.8) is 0 Å². The standard InChI is InChI=1S/C28H20Cl2/c1-17-7-5-10-20-25-21-11-6-12-24(30)27(21)28(26(17)20,16-18-8-3-2-4-9-18)23-14-13-19(29)15-22(23)25/h2-15,25H,16H2,1H3. The Balaban J connectivity index is 1.80. The van der Waals surface area contributed by atoms with Gasteiger partial charge in [-0.2, -0.15) is 0 Å². The summed E-state index contributed by atoms with van der Waals surface area (Å²) in [5.74, 6) is 0.167. The summed E-state index contributed by atoms with van der Waals surface area (Å²) >= 11 is 13.5. The molecule has 7 rings (SSSR count). The fourth-order valence-electron chi connectivity index (χ4n) is 5.98. The summed E-state index contributed by atoms with van der Waals surface area (Å²) in [5, 5.41) is 1.64. The molecule has 0 amide bonds. The first-order valence-corrected chi connectivity index (χ1v) is 11.1. The van der Waals surface area contributed by atoms with E-state index in [0.717, 1.165) is 16.5 Å². The maximum atomic E-state index is 6.98. The number of halogens is 2. The number of hydrogen-bond acceptors (Lipinski definition) is 0. The Hall–Kier alpha value is -2.54. The maximum Gasteiger partial charge on any atom is 0.0518 e. The van der Waals surface area contributed by atoms with Crippen molar-refractivity contribution >= 4 is 23.2 Å². The van der Waals surface area contributed by atoms with Crippen LogP contribution in [0.3, 0.4) is 0 Å². The third-order valence-corrected chi connectivity index (χ3v) is 7.47. The molecule has 0 aliphatic heterocycles. The van der Waals surface area contributed by atoms with E-state index in [2.05, 4.69) is 79.7 Å². The summed E-state index contributed by atoms with van der Waals surface area (Å²) in [5.41, 5.74) is 10.3. The number of hydrogen-bond donors (Lipinski definition) is 0. The highest BCUT2D eigenvalue weighted by atomic mass is 35.5. The molecule has 30 heavy (non-hydrogen) atoms. The average molecular weight is 427 g/mol. The number of rotatable bonds is 2. The second-order valence-corrected chi connectivity index (χ2v) is 9.32. The van der Waals surface area contributed by atoms with Gasteiger partial charge in [0, 0.05) is 16.0 Å². The third-order valence-electron chi connectivity index (χ3n) is 6.92. The molecule has 4 aromatic carbocycles. The summed E-state index contributed by atoms with van der Waals surface area (Å²) in [7, 11) is 0. The summed E-state index contributed by atoms with van der Waals surface area (Å²) in [4.78, 5) is 0. The van der Waals surface area contributed by atoms with E-state index in [1.165, 1.54) is 44.5 Å². The van der Waals surface area contributed by atoms with Gasteiger partial charge >= 0.3 is 0 Å². The van der Waals surface area contributed by atoms with Crippen LogP contribution in [-0.4, -0.2) is 0 Å². The lowest BCUT2D eigenvalue weighted by Crippen LogP contribution is -2.44. The third kappa shape index (κ3) is 2.30. The Morgan fingerprint density at radius 3 is 2.27 bits per heavy atom. The van der Waals surface area contributed by atoms with Crippen LogP contribution >= 0.6 is 23.2 Å². The van der Waals surface area contributed by atoms with Crippen molar-refractivity contribution in [1.29, 1.82) is 0 Å². The van der Waals surface area contributed by atoms with Gasteiger partial charge in [0.15, 0.2) is 0 Å². The molecule has 3 aliphatic carbocycles. The summed E-state index contributed by atoms with van der Waals surface area (Å²) in [6.45, 7) is 2.23. The highest BCUT2D eigenvalue weighted by molar-refractivity contribution is 6.32. The quantitative estimate of drug-likeness (QED) is 0.308. The summed E-state index contributed by atoms with van der Waals surface area (Å²) < 4.78 is 0. The molecule has 0 fully saturated rings. The molecule has 146 valence electrons. The lowest BCUT2D eigenvalue weighted by molar-refractivity contribution is 0.537. The van der Waals surface area contributed by atoms with Crippen molar-refractivity contribution < 1.29 is 0 Å². The van der Waals surface area contributed by atoms with Crippen molar-refractivity contribution in [2.75, 3.05) is 0 Å². The van der Waals surface area contributed by atoms with E-state index < -0.39 is 0 Å². The Morgan fingerprint density at radius 2 is 1.47 bits per heavy atom. The van der Waals surface area contributed by atoms with Crippen LogP contribution in [0.4, 0.5) is 0 Å². The zero-order valence-corrected chi connectivity index (χ0v) is 18.1. The maximum absolute atomic E-state index is 6.98. The molecule has 0 saturated heterocycles. The molecular weight excluding hydrogens is 407 g/mol. The zero-order valence-electron chi connectivity index (χ0n) is 16.6. The molecule has 0 N–H and O–H groups in total. The first-order valence-electron chi connectivity index (χ1n) is 10.3. The highest BCUT2D eigenvalue weighted by Gasteiger charge is 2.53. The van der Waals surface area contributed by atoms with Crippen LogP contribution in [0.1, 0.15) is 50.4 Å². The molecule has 2 unspecified atom stereocenters. The number of benzene rings is 4. The molecule has 0 spiro atoms. The summed E-state index contributed by atoms with van der Waals surface area (Å²) in [6.07, 6.45) is 0.865.